The van der Waals surface area contributed by atoms with E-state index in [4.69, 9.17) is 5.26 Å². The minimum absolute atomic E-state index is 0.0548. The second-order valence-electron chi connectivity index (χ2n) is 4.53. The maximum Gasteiger partial charge on any atom is 0.0694 e. The van der Waals surface area contributed by atoms with Crippen LogP contribution >= 0.6 is 0 Å². The molecule has 0 fully saturated rings. The first-order valence-electron chi connectivity index (χ1n) is 5.67. The molecule has 0 saturated heterocycles. The molecule has 0 bridgehead atoms. The highest BCUT2D eigenvalue weighted by molar-refractivity contribution is 5.19. The fourth-order valence-corrected chi connectivity index (χ4v) is 1.65. The van der Waals surface area contributed by atoms with Crippen LogP contribution in [0.2, 0.25) is 0 Å². The molecule has 1 aromatic rings. The molecule has 0 amide bonds. The number of aromatic nitrogens is 2. The molecule has 0 aliphatic rings. The monoisotopic (exact) mass is 220 g/mol. The fourth-order valence-electron chi connectivity index (χ4n) is 1.65. The van der Waals surface area contributed by atoms with Crippen molar-refractivity contribution in [2.45, 2.75) is 33.2 Å². The van der Waals surface area contributed by atoms with E-state index in [2.05, 4.69) is 30.3 Å². The van der Waals surface area contributed by atoms with Gasteiger partial charge in [-0.25, -0.2) is 0 Å². The van der Waals surface area contributed by atoms with Crippen LogP contribution in [-0.4, -0.2) is 16.3 Å². The van der Waals surface area contributed by atoms with Gasteiger partial charge in [0.1, 0.15) is 0 Å². The number of aryl methyl sites for hydroxylation is 1. The van der Waals surface area contributed by atoms with E-state index in [-0.39, 0.29) is 5.92 Å². The topological polar surface area (TPSA) is 53.6 Å². The molecule has 88 valence electrons. The van der Waals surface area contributed by atoms with E-state index in [0.717, 1.165) is 18.8 Å². The van der Waals surface area contributed by atoms with Crippen molar-refractivity contribution >= 4 is 0 Å². The molecule has 0 radical (unpaired) electrons. The molecule has 0 spiro atoms. The van der Waals surface area contributed by atoms with Crippen LogP contribution in [0, 0.1) is 17.2 Å². The fraction of sp³-hybridized carbons (Fsp3) is 0.667. The van der Waals surface area contributed by atoms with Gasteiger partial charge in [-0.2, -0.15) is 10.4 Å². The minimum Gasteiger partial charge on any atom is -0.311 e. The second kappa shape index (κ2) is 5.66. The highest BCUT2D eigenvalue weighted by Gasteiger charge is 2.11. The van der Waals surface area contributed by atoms with Gasteiger partial charge in [0, 0.05) is 31.9 Å². The normalized spacial score (nSPS) is 12.8. The predicted molar refractivity (Wildman–Crippen MR) is 63.8 cm³/mol. The smallest absolute Gasteiger partial charge is 0.0694 e. The third-order valence-corrected chi connectivity index (χ3v) is 2.47. The highest BCUT2D eigenvalue weighted by Crippen LogP contribution is 2.16. The molecule has 1 unspecified atom stereocenters. The van der Waals surface area contributed by atoms with Crippen LogP contribution < -0.4 is 5.32 Å². The predicted octanol–water partition coefficient (Wildman–Crippen LogP) is 1.79. The molecule has 1 heterocycles. The van der Waals surface area contributed by atoms with Crippen molar-refractivity contribution in [3.8, 4) is 6.07 Å². The van der Waals surface area contributed by atoms with Crippen molar-refractivity contribution < 1.29 is 0 Å². The number of hydrogen-bond acceptors (Lipinski definition) is 3. The first-order valence-corrected chi connectivity index (χ1v) is 5.67. The average molecular weight is 220 g/mol. The minimum atomic E-state index is 0.0548. The third-order valence-electron chi connectivity index (χ3n) is 2.47. The molecule has 0 saturated carbocycles. The summed E-state index contributed by atoms with van der Waals surface area (Å²) in [6.07, 6.45) is 2.04. The van der Waals surface area contributed by atoms with Crippen LogP contribution in [0.4, 0.5) is 0 Å². The standard InChI is InChI=1S/C12H20N4/c1-9(2)12-11(8-16(4)15-12)7-14-6-10(3)5-13/h8-10,14H,6-7H2,1-4H3. The maximum atomic E-state index is 8.67. The number of rotatable bonds is 5. The van der Waals surface area contributed by atoms with Crippen LogP contribution in [-0.2, 0) is 13.6 Å². The Morgan fingerprint density at radius 1 is 1.50 bits per heavy atom. The first kappa shape index (κ1) is 12.7. The number of nitrogens with one attached hydrogen (secondary N) is 1. The Morgan fingerprint density at radius 3 is 2.75 bits per heavy atom. The largest absolute Gasteiger partial charge is 0.311 e. The van der Waals surface area contributed by atoms with Crippen molar-refractivity contribution in [3.05, 3.63) is 17.5 Å². The summed E-state index contributed by atoms with van der Waals surface area (Å²) < 4.78 is 1.85. The average Bonchev–Trinajstić information content (AvgIpc) is 2.59. The van der Waals surface area contributed by atoms with E-state index in [0.29, 0.717) is 5.92 Å². The molecular weight excluding hydrogens is 200 g/mol. The Morgan fingerprint density at radius 2 is 2.19 bits per heavy atom. The second-order valence-corrected chi connectivity index (χ2v) is 4.53. The van der Waals surface area contributed by atoms with Gasteiger partial charge in [0.15, 0.2) is 0 Å². The van der Waals surface area contributed by atoms with Gasteiger partial charge in [0.25, 0.3) is 0 Å². The quantitative estimate of drug-likeness (QED) is 0.823. The highest BCUT2D eigenvalue weighted by atomic mass is 15.3. The summed E-state index contributed by atoms with van der Waals surface area (Å²) in [4.78, 5) is 0. The van der Waals surface area contributed by atoms with E-state index in [9.17, 15) is 0 Å². The van der Waals surface area contributed by atoms with Crippen molar-refractivity contribution in [2.75, 3.05) is 6.54 Å². The van der Waals surface area contributed by atoms with Crippen molar-refractivity contribution in [2.24, 2.45) is 13.0 Å². The Hall–Kier alpha value is -1.34. The zero-order chi connectivity index (χ0) is 12.1. The summed E-state index contributed by atoms with van der Waals surface area (Å²) in [5.41, 5.74) is 2.36. The lowest BCUT2D eigenvalue weighted by atomic mass is 10.1. The Kier molecular flexibility index (Phi) is 4.51. The number of nitrogens with zero attached hydrogens (tertiary/aromatic N) is 3. The third kappa shape index (κ3) is 3.35. The molecule has 16 heavy (non-hydrogen) atoms. The molecule has 0 aliphatic carbocycles. The lowest BCUT2D eigenvalue weighted by molar-refractivity contribution is 0.597. The number of nitriles is 1. The van der Waals surface area contributed by atoms with Crippen LogP contribution in [0.5, 0.6) is 0 Å². The van der Waals surface area contributed by atoms with Gasteiger partial charge in [-0.05, 0) is 12.8 Å². The molecule has 1 aromatic heterocycles. The Labute approximate surface area is 97.3 Å². The van der Waals surface area contributed by atoms with E-state index in [1.165, 1.54) is 5.56 Å². The van der Waals surface area contributed by atoms with E-state index < -0.39 is 0 Å². The van der Waals surface area contributed by atoms with Crippen LogP contribution in [0.1, 0.15) is 37.9 Å². The van der Waals surface area contributed by atoms with Crippen LogP contribution in [0.3, 0.4) is 0 Å². The summed E-state index contributed by atoms with van der Waals surface area (Å²) >= 11 is 0. The van der Waals surface area contributed by atoms with Crippen molar-refractivity contribution in [1.82, 2.24) is 15.1 Å². The number of hydrogen-bond donors (Lipinski definition) is 1. The van der Waals surface area contributed by atoms with Gasteiger partial charge >= 0.3 is 0 Å². The summed E-state index contributed by atoms with van der Waals surface area (Å²) in [6.45, 7) is 7.71. The van der Waals surface area contributed by atoms with Crippen molar-refractivity contribution in [3.63, 3.8) is 0 Å². The van der Waals surface area contributed by atoms with Crippen LogP contribution in [0.25, 0.3) is 0 Å². The summed E-state index contributed by atoms with van der Waals surface area (Å²) in [6, 6.07) is 2.21. The lowest BCUT2D eigenvalue weighted by Crippen LogP contribution is -2.20. The molecular formula is C12H20N4. The van der Waals surface area contributed by atoms with Crippen molar-refractivity contribution in [1.29, 1.82) is 5.26 Å². The zero-order valence-electron chi connectivity index (χ0n) is 10.5. The summed E-state index contributed by atoms with van der Waals surface area (Å²) in [5.74, 6) is 0.491. The first-order chi connectivity index (χ1) is 7.54. The summed E-state index contributed by atoms with van der Waals surface area (Å²) in [7, 11) is 1.94. The van der Waals surface area contributed by atoms with Gasteiger partial charge in [0.05, 0.1) is 17.7 Å². The lowest BCUT2D eigenvalue weighted by Gasteiger charge is -2.07. The van der Waals surface area contributed by atoms with E-state index in [1.807, 2.05) is 24.9 Å². The van der Waals surface area contributed by atoms with Gasteiger partial charge in [0.2, 0.25) is 0 Å². The Balaban J connectivity index is 2.57. The van der Waals surface area contributed by atoms with Gasteiger partial charge in [-0.15, -0.1) is 0 Å². The van der Waals surface area contributed by atoms with E-state index in [1.54, 1.807) is 0 Å². The zero-order valence-corrected chi connectivity index (χ0v) is 10.5. The van der Waals surface area contributed by atoms with Gasteiger partial charge < -0.3 is 5.32 Å². The van der Waals surface area contributed by atoms with Crippen LogP contribution in [0.15, 0.2) is 6.20 Å². The molecule has 1 rings (SSSR count). The summed E-state index contributed by atoms with van der Waals surface area (Å²) in [5, 5.41) is 16.4. The molecule has 1 N–H and O–H groups in total. The van der Waals surface area contributed by atoms with Gasteiger partial charge in [-0.3, -0.25) is 4.68 Å². The van der Waals surface area contributed by atoms with E-state index >= 15 is 0 Å². The Bertz CT molecular complexity index is 373. The molecule has 4 nitrogen and oxygen atoms in total. The van der Waals surface area contributed by atoms with Gasteiger partial charge in [-0.1, -0.05) is 13.8 Å². The SMILES string of the molecule is CC(C#N)CNCc1cn(C)nc1C(C)C. The molecule has 0 aromatic carbocycles. The molecule has 4 heteroatoms. The molecule has 0 aliphatic heterocycles. The molecule has 1 atom stereocenters. The maximum absolute atomic E-state index is 8.67.